The molecule has 2 amide bonds. The molecule has 1 aromatic rings. The normalized spacial score (nSPS) is 25.4. The number of hydrogen-bond acceptors (Lipinski definition) is 3. The Kier molecular flexibility index (Phi) is 7.33. The zero-order valence-corrected chi connectivity index (χ0v) is 16.4. The zero-order valence-electron chi connectivity index (χ0n) is 15.6. The molecule has 9 heteroatoms. The number of piperidine rings is 1. The van der Waals surface area contributed by atoms with E-state index < -0.39 is 17.7 Å². The molecule has 28 heavy (non-hydrogen) atoms. The van der Waals surface area contributed by atoms with Gasteiger partial charge in [0.1, 0.15) is 0 Å². The highest BCUT2D eigenvalue weighted by molar-refractivity contribution is 5.89. The van der Waals surface area contributed by atoms with E-state index in [1.54, 1.807) is 6.07 Å². The molecule has 2 saturated heterocycles. The molecule has 5 nitrogen and oxygen atoms in total. The highest BCUT2D eigenvalue weighted by Gasteiger charge is 2.36. The third-order valence-corrected chi connectivity index (χ3v) is 5.18. The van der Waals surface area contributed by atoms with Crippen molar-refractivity contribution in [2.45, 2.75) is 51.0 Å². The molecule has 3 unspecified atom stereocenters. The smallest absolute Gasteiger partial charge is 0.353 e. The van der Waals surface area contributed by atoms with E-state index in [-0.39, 0.29) is 49.8 Å². The van der Waals surface area contributed by atoms with Gasteiger partial charge in [-0.05, 0) is 44.0 Å². The summed E-state index contributed by atoms with van der Waals surface area (Å²) in [6.07, 6.45) is -2.62. The minimum absolute atomic E-state index is 0. The number of carbonyl (C=O) groups is 2. The fourth-order valence-electron chi connectivity index (χ4n) is 3.75. The number of nitrogens with zero attached hydrogens (tertiary/aromatic N) is 1. The molecule has 2 aliphatic rings. The first-order valence-electron chi connectivity index (χ1n) is 9.20. The molecular weight excluding hydrogens is 395 g/mol. The van der Waals surface area contributed by atoms with E-state index in [4.69, 9.17) is 0 Å². The first-order valence-corrected chi connectivity index (χ1v) is 9.20. The number of alkyl halides is 3. The van der Waals surface area contributed by atoms with Gasteiger partial charge in [0, 0.05) is 31.6 Å². The third kappa shape index (κ3) is 5.61. The molecule has 0 spiro atoms. The molecule has 1 aromatic carbocycles. The van der Waals surface area contributed by atoms with Crippen LogP contribution in [0.25, 0.3) is 0 Å². The summed E-state index contributed by atoms with van der Waals surface area (Å²) in [7, 11) is 0. The average molecular weight is 420 g/mol. The Morgan fingerprint density at radius 3 is 2.79 bits per heavy atom. The van der Waals surface area contributed by atoms with Gasteiger partial charge in [-0.25, -0.2) is 0 Å². The van der Waals surface area contributed by atoms with Crippen LogP contribution in [-0.4, -0.2) is 41.9 Å². The lowest BCUT2D eigenvalue weighted by atomic mass is 9.99. The number of hydrogen-bond donors (Lipinski definition) is 2. The lowest BCUT2D eigenvalue weighted by Gasteiger charge is -2.29. The summed E-state index contributed by atoms with van der Waals surface area (Å²) < 4.78 is 38.5. The van der Waals surface area contributed by atoms with Crippen molar-refractivity contribution in [3.05, 3.63) is 35.4 Å². The predicted molar refractivity (Wildman–Crippen MR) is 101 cm³/mol. The molecule has 3 rings (SSSR count). The van der Waals surface area contributed by atoms with Gasteiger partial charge in [-0.2, -0.15) is 13.2 Å². The first-order chi connectivity index (χ1) is 12.7. The maximum atomic E-state index is 12.8. The Morgan fingerprint density at radius 2 is 2.11 bits per heavy atom. The molecule has 2 fully saturated rings. The van der Waals surface area contributed by atoms with Gasteiger partial charge in [0.25, 0.3) is 0 Å². The Morgan fingerprint density at radius 1 is 1.36 bits per heavy atom. The number of nitrogens with one attached hydrogen (secondary N) is 2. The van der Waals surface area contributed by atoms with Crippen molar-refractivity contribution in [2.24, 2.45) is 5.92 Å². The highest BCUT2D eigenvalue weighted by atomic mass is 35.5. The minimum atomic E-state index is -4.42. The van der Waals surface area contributed by atoms with E-state index >= 15 is 0 Å². The molecule has 156 valence electrons. The van der Waals surface area contributed by atoms with Crippen molar-refractivity contribution in [1.29, 1.82) is 0 Å². The molecule has 2 N–H and O–H groups in total. The van der Waals surface area contributed by atoms with Crippen molar-refractivity contribution in [1.82, 2.24) is 15.5 Å². The summed E-state index contributed by atoms with van der Waals surface area (Å²) in [5, 5.41) is 6.34. The molecule has 0 aromatic heterocycles. The van der Waals surface area contributed by atoms with Gasteiger partial charge in [0.15, 0.2) is 0 Å². The van der Waals surface area contributed by atoms with Crippen molar-refractivity contribution in [2.75, 3.05) is 13.1 Å². The van der Waals surface area contributed by atoms with Crippen LogP contribution >= 0.6 is 12.4 Å². The van der Waals surface area contributed by atoms with E-state index in [9.17, 15) is 22.8 Å². The Hall–Kier alpha value is -1.80. The number of carbonyl (C=O) groups excluding carboxylic acids is 2. The second-order valence-electron chi connectivity index (χ2n) is 7.46. The largest absolute Gasteiger partial charge is 0.416 e. The summed E-state index contributed by atoms with van der Waals surface area (Å²) in [6, 6.07) is 5.39. The number of likely N-dealkylation sites (tertiary alicyclic amines) is 1. The number of halogens is 4. The van der Waals surface area contributed by atoms with Crippen molar-refractivity contribution in [3.63, 3.8) is 0 Å². The average Bonchev–Trinajstić information content (AvgIpc) is 2.95. The molecule has 0 saturated carbocycles. The minimum Gasteiger partial charge on any atom is -0.353 e. The van der Waals surface area contributed by atoms with Crippen LogP contribution in [0.5, 0.6) is 0 Å². The maximum absolute atomic E-state index is 12.8. The Labute approximate surface area is 168 Å². The van der Waals surface area contributed by atoms with Crippen molar-refractivity contribution < 1.29 is 22.8 Å². The van der Waals surface area contributed by atoms with Gasteiger partial charge in [-0.15, -0.1) is 12.4 Å². The van der Waals surface area contributed by atoms with Crippen LogP contribution in [0.3, 0.4) is 0 Å². The van der Waals surface area contributed by atoms with Crippen molar-refractivity contribution >= 4 is 24.2 Å². The zero-order chi connectivity index (χ0) is 19.6. The second-order valence-corrected chi connectivity index (χ2v) is 7.46. The molecule has 0 radical (unpaired) electrons. The second kappa shape index (κ2) is 9.13. The van der Waals surface area contributed by atoms with Gasteiger partial charge < -0.3 is 15.5 Å². The molecule has 0 bridgehead atoms. The fourth-order valence-corrected chi connectivity index (χ4v) is 3.75. The standard InChI is InChI=1S/C19H24F3N3O2.ClH/c1-12-7-16(5-6-23-12)24-18(27)14-9-17(26)25(11-14)10-13-3-2-4-15(8-13)19(20,21)22;/h2-4,8,12,14,16,23H,5-7,9-11H2,1H3,(H,24,27);1H. The van der Waals surface area contributed by atoms with Crippen LogP contribution in [0, 0.1) is 5.92 Å². The van der Waals surface area contributed by atoms with E-state index in [1.165, 1.54) is 11.0 Å². The van der Waals surface area contributed by atoms with E-state index in [1.807, 2.05) is 0 Å². The monoisotopic (exact) mass is 419 g/mol. The Bertz CT molecular complexity index is 714. The quantitative estimate of drug-likeness (QED) is 0.789. The van der Waals surface area contributed by atoms with Gasteiger partial charge in [-0.3, -0.25) is 9.59 Å². The summed E-state index contributed by atoms with van der Waals surface area (Å²) in [4.78, 5) is 26.2. The SMILES string of the molecule is CC1CC(NC(=O)C2CC(=O)N(Cc3cccc(C(F)(F)F)c3)C2)CCN1.Cl. The van der Waals surface area contributed by atoms with Crippen LogP contribution in [0.2, 0.25) is 0 Å². The highest BCUT2D eigenvalue weighted by Crippen LogP contribution is 2.30. The molecule has 0 aliphatic carbocycles. The predicted octanol–water partition coefficient (Wildman–Crippen LogP) is 2.73. The summed E-state index contributed by atoms with van der Waals surface area (Å²) in [6.45, 7) is 3.23. The van der Waals surface area contributed by atoms with Crippen LogP contribution < -0.4 is 10.6 Å². The lowest BCUT2D eigenvalue weighted by Crippen LogP contribution is -2.48. The maximum Gasteiger partial charge on any atom is 0.416 e. The van der Waals surface area contributed by atoms with Crippen LogP contribution in [0.15, 0.2) is 24.3 Å². The fraction of sp³-hybridized carbons (Fsp3) is 0.579. The van der Waals surface area contributed by atoms with Crippen LogP contribution in [0.4, 0.5) is 13.2 Å². The molecule has 2 aliphatic heterocycles. The first kappa shape index (κ1) is 22.5. The van der Waals surface area contributed by atoms with E-state index in [2.05, 4.69) is 17.6 Å². The summed E-state index contributed by atoms with van der Waals surface area (Å²) in [5.41, 5.74) is -0.327. The number of benzene rings is 1. The number of amides is 2. The van der Waals surface area contributed by atoms with Gasteiger partial charge in [-0.1, -0.05) is 12.1 Å². The third-order valence-electron chi connectivity index (χ3n) is 5.18. The van der Waals surface area contributed by atoms with E-state index in [0.29, 0.717) is 11.6 Å². The summed E-state index contributed by atoms with van der Waals surface area (Å²) in [5.74, 6) is -0.797. The Balaban J connectivity index is 0.00000280. The van der Waals surface area contributed by atoms with E-state index in [0.717, 1.165) is 31.5 Å². The number of rotatable bonds is 4. The van der Waals surface area contributed by atoms with Crippen LogP contribution in [0.1, 0.15) is 37.3 Å². The lowest BCUT2D eigenvalue weighted by molar-refractivity contribution is -0.137. The topological polar surface area (TPSA) is 61.4 Å². The molecular formula is C19H25ClF3N3O2. The summed E-state index contributed by atoms with van der Waals surface area (Å²) >= 11 is 0. The van der Waals surface area contributed by atoms with Crippen molar-refractivity contribution in [3.8, 4) is 0 Å². The van der Waals surface area contributed by atoms with Gasteiger partial charge in [0.05, 0.1) is 11.5 Å². The van der Waals surface area contributed by atoms with Gasteiger partial charge in [0.2, 0.25) is 11.8 Å². The molecule has 3 atom stereocenters. The molecule has 2 heterocycles. The van der Waals surface area contributed by atoms with Crippen LogP contribution in [-0.2, 0) is 22.3 Å². The van der Waals surface area contributed by atoms with Gasteiger partial charge >= 0.3 is 6.18 Å².